The number of nitrogens with zero attached hydrogens (tertiary/aromatic N) is 1. The number of hydrogen-bond acceptors (Lipinski definition) is 3. The van der Waals surface area contributed by atoms with E-state index < -0.39 is 9.84 Å². The fraction of sp³-hybridized carbons (Fsp3) is 0.562. The van der Waals surface area contributed by atoms with Gasteiger partial charge in [-0.15, -0.1) is 0 Å². The molecule has 120 valence electrons. The lowest BCUT2D eigenvalue weighted by Gasteiger charge is -2.32. The van der Waals surface area contributed by atoms with Crippen molar-refractivity contribution in [2.45, 2.75) is 44.3 Å². The molecule has 2 aliphatic rings. The Hall–Kier alpha value is -1.14. The molecular formula is C16H22N2O2S2. The highest BCUT2D eigenvalue weighted by atomic mass is 32.2. The predicted molar refractivity (Wildman–Crippen MR) is 92.5 cm³/mol. The first kappa shape index (κ1) is 15.7. The normalized spacial score (nSPS) is 24.7. The van der Waals surface area contributed by atoms with Crippen molar-refractivity contribution in [2.24, 2.45) is 0 Å². The molecule has 1 aliphatic heterocycles. The second-order valence-electron chi connectivity index (χ2n) is 6.28. The molecule has 3 rings (SSSR count). The minimum absolute atomic E-state index is 0.0421. The molecule has 0 unspecified atom stereocenters. The highest BCUT2D eigenvalue weighted by Crippen LogP contribution is 2.32. The Kier molecular flexibility index (Phi) is 4.41. The molecule has 0 aromatic heterocycles. The number of nitrogens with one attached hydrogen (secondary N) is 1. The van der Waals surface area contributed by atoms with Crippen LogP contribution < -0.4 is 5.32 Å². The van der Waals surface area contributed by atoms with Crippen LogP contribution in [-0.4, -0.2) is 42.0 Å². The van der Waals surface area contributed by atoms with E-state index in [4.69, 9.17) is 12.2 Å². The van der Waals surface area contributed by atoms with Crippen molar-refractivity contribution in [3.63, 3.8) is 0 Å². The van der Waals surface area contributed by atoms with Gasteiger partial charge in [0.15, 0.2) is 14.9 Å². The van der Waals surface area contributed by atoms with Crippen LogP contribution in [0.2, 0.25) is 0 Å². The van der Waals surface area contributed by atoms with E-state index in [1.807, 2.05) is 18.2 Å². The molecule has 0 amide bonds. The average molecular weight is 338 g/mol. The molecule has 6 heteroatoms. The van der Waals surface area contributed by atoms with Crippen molar-refractivity contribution in [2.75, 3.05) is 11.5 Å². The predicted octanol–water partition coefficient (Wildman–Crippen LogP) is 2.27. The quantitative estimate of drug-likeness (QED) is 0.854. The van der Waals surface area contributed by atoms with Crippen LogP contribution >= 0.6 is 12.2 Å². The van der Waals surface area contributed by atoms with Gasteiger partial charge in [0.2, 0.25) is 0 Å². The highest BCUT2D eigenvalue weighted by molar-refractivity contribution is 7.91. The van der Waals surface area contributed by atoms with Crippen LogP contribution in [-0.2, 0) is 9.84 Å². The maximum atomic E-state index is 11.8. The maximum absolute atomic E-state index is 11.8. The van der Waals surface area contributed by atoms with Gasteiger partial charge in [0, 0.05) is 12.1 Å². The van der Waals surface area contributed by atoms with Gasteiger partial charge in [-0.2, -0.15) is 0 Å². The monoisotopic (exact) mass is 338 g/mol. The summed E-state index contributed by atoms with van der Waals surface area (Å²) in [7, 11) is -2.89. The van der Waals surface area contributed by atoms with Gasteiger partial charge in [-0.1, -0.05) is 30.3 Å². The smallest absolute Gasteiger partial charge is 0.169 e. The number of thiocarbonyl (C=S) groups is 1. The molecule has 0 spiro atoms. The third-order valence-corrected chi connectivity index (χ3v) is 6.50. The molecule has 2 fully saturated rings. The molecule has 2 atom stereocenters. The second-order valence-corrected chi connectivity index (χ2v) is 8.89. The Morgan fingerprint density at radius 3 is 2.45 bits per heavy atom. The molecule has 4 nitrogen and oxygen atoms in total. The van der Waals surface area contributed by atoms with E-state index in [0.29, 0.717) is 17.6 Å². The van der Waals surface area contributed by atoms with Crippen molar-refractivity contribution in [3.05, 3.63) is 35.9 Å². The van der Waals surface area contributed by atoms with E-state index >= 15 is 0 Å². The van der Waals surface area contributed by atoms with Gasteiger partial charge in [0.1, 0.15) is 0 Å². The minimum atomic E-state index is -2.89. The van der Waals surface area contributed by atoms with E-state index in [9.17, 15) is 8.42 Å². The summed E-state index contributed by atoms with van der Waals surface area (Å²) in [5, 5.41) is 4.08. The molecule has 1 aliphatic carbocycles. The van der Waals surface area contributed by atoms with Crippen molar-refractivity contribution in [1.82, 2.24) is 10.2 Å². The van der Waals surface area contributed by atoms with Crippen molar-refractivity contribution in [3.8, 4) is 0 Å². The Labute approximate surface area is 137 Å². The summed E-state index contributed by atoms with van der Waals surface area (Å²) in [6.07, 6.45) is 2.91. The summed E-state index contributed by atoms with van der Waals surface area (Å²) in [4.78, 5) is 2.15. The lowest BCUT2D eigenvalue weighted by Crippen LogP contribution is -2.48. The maximum Gasteiger partial charge on any atom is 0.169 e. The molecule has 1 aromatic rings. The van der Waals surface area contributed by atoms with Gasteiger partial charge in [0.05, 0.1) is 17.5 Å². The van der Waals surface area contributed by atoms with Crippen LogP contribution in [0.1, 0.15) is 37.8 Å². The molecule has 1 saturated heterocycles. The summed E-state index contributed by atoms with van der Waals surface area (Å²) >= 11 is 5.60. The summed E-state index contributed by atoms with van der Waals surface area (Å²) in [6.45, 7) is 2.08. The first-order chi connectivity index (χ1) is 10.5. The van der Waals surface area contributed by atoms with Crippen LogP contribution in [0.15, 0.2) is 30.3 Å². The van der Waals surface area contributed by atoms with E-state index in [1.165, 1.54) is 5.56 Å². The molecule has 1 aromatic carbocycles. The van der Waals surface area contributed by atoms with Crippen molar-refractivity contribution >= 4 is 27.2 Å². The zero-order chi connectivity index (χ0) is 15.7. The second kappa shape index (κ2) is 6.16. The molecule has 1 N–H and O–H groups in total. The third kappa shape index (κ3) is 3.60. The summed E-state index contributed by atoms with van der Waals surface area (Å²) in [5.41, 5.74) is 1.18. The summed E-state index contributed by atoms with van der Waals surface area (Å²) in [6, 6.07) is 10.7. The van der Waals surface area contributed by atoms with Gasteiger partial charge in [-0.25, -0.2) is 8.42 Å². The van der Waals surface area contributed by atoms with Crippen LogP contribution in [0.3, 0.4) is 0 Å². The molecule has 1 saturated carbocycles. The molecular weight excluding hydrogens is 316 g/mol. The molecule has 0 radical (unpaired) electrons. The SMILES string of the molecule is C[C@H](NC(=S)N(C1CC1)[C@H]1CCS(=O)(=O)C1)c1ccccc1. The summed E-state index contributed by atoms with van der Waals surface area (Å²) in [5.74, 6) is 0.531. The Morgan fingerprint density at radius 1 is 1.23 bits per heavy atom. The molecule has 0 bridgehead atoms. The fourth-order valence-corrected chi connectivity index (χ4v) is 5.25. The highest BCUT2D eigenvalue weighted by Gasteiger charge is 2.41. The third-order valence-electron chi connectivity index (χ3n) is 4.42. The lowest BCUT2D eigenvalue weighted by atomic mass is 10.1. The largest absolute Gasteiger partial charge is 0.356 e. The zero-order valence-electron chi connectivity index (χ0n) is 12.7. The molecule has 22 heavy (non-hydrogen) atoms. The van der Waals surface area contributed by atoms with E-state index in [2.05, 4.69) is 29.3 Å². The Balaban J connectivity index is 1.69. The van der Waals surface area contributed by atoms with Crippen LogP contribution in [0.25, 0.3) is 0 Å². The fourth-order valence-electron chi connectivity index (χ4n) is 3.06. The first-order valence-corrected chi connectivity index (χ1v) is 10.0. The lowest BCUT2D eigenvalue weighted by molar-refractivity contribution is 0.317. The van der Waals surface area contributed by atoms with E-state index in [-0.39, 0.29) is 23.6 Å². The number of sulfone groups is 1. The number of hydrogen-bond donors (Lipinski definition) is 1. The van der Waals surface area contributed by atoms with Crippen molar-refractivity contribution < 1.29 is 8.42 Å². The number of rotatable bonds is 4. The Morgan fingerprint density at radius 2 is 1.91 bits per heavy atom. The molecule has 1 heterocycles. The minimum Gasteiger partial charge on any atom is -0.356 e. The van der Waals surface area contributed by atoms with Gasteiger partial charge < -0.3 is 10.2 Å². The zero-order valence-corrected chi connectivity index (χ0v) is 14.4. The van der Waals surface area contributed by atoms with E-state index in [0.717, 1.165) is 12.8 Å². The standard InChI is InChI=1S/C16H22N2O2S2/c1-12(13-5-3-2-4-6-13)17-16(21)18(14-7-8-14)15-9-10-22(19,20)11-15/h2-6,12,14-15H,7-11H2,1H3,(H,17,21)/t12-,15-/m0/s1. The summed E-state index contributed by atoms with van der Waals surface area (Å²) < 4.78 is 23.5. The van der Waals surface area contributed by atoms with Crippen molar-refractivity contribution in [1.29, 1.82) is 0 Å². The van der Waals surface area contributed by atoms with Gasteiger partial charge in [0.25, 0.3) is 0 Å². The van der Waals surface area contributed by atoms with Crippen LogP contribution in [0, 0.1) is 0 Å². The van der Waals surface area contributed by atoms with E-state index in [1.54, 1.807) is 0 Å². The first-order valence-electron chi connectivity index (χ1n) is 7.80. The topological polar surface area (TPSA) is 49.4 Å². The Bertz CT molecular complexity index is 641. The van der Waals surface area contributed by atoms with Crippen LogP contribution in [0.5, 0.6) is 0 Å². The van der Waals surface area contributed by atoms with Gasteiger partial charge in [-0.3, -0.25) is 0 Å². The number of benzene rings is 1. The average Bonchev–Trinajstić information content (AvgIpc) is 3.24. The van der Waals surface area contributed by atoms with Gasteiger partial charge >= 0.3 is 0 Å². The van der Waals surface area contributed by atoms with Gasteiger partial charge in [-0.05, 0) is 44.0 Å². The van der Waals surface area contributed by atoms with Crippen LogP contribution in [0.4, 0.5) is 0 Å².